The minimum absolute atomic E-state index is 0.256. The zero-order valence-corrected chi connectivity index (χ0v) is 9.74. The molecule has 0 fully saturated rings. The number of carbonyl (C=O) groups excluding carboxylic acids is 1. The lowest BCUT2D eigenvalue weighted by molar-refractivity contribution is -0.141. The largest absolute Gasteiger partial charge is 0.480 e. The fourth-order valence-electron chi connectivity index (χ4n) is 0.861. The third kappa shape index (κ3) is 6.15. The molecule has 0 heterocycles. The number of carbonyl (C=O) groups is 2. The van der Waals surface area contributed by atoms with Gasteiger partial charge in [0.1, 0.15) is 6.04 Å². The summed E-state index contributed by atoms with van der Waals surface area (Å²) in [5.41, 5.74) is 0. The van der Waals surface area contributed by atoms with Crippen LogP contribution in [0, 0.1) is 0 Å². The highest BCUT2D eigenvalue weighted by Crippen LogP contribution is 2.01. The Morgan fingerprint density at radius 2 is 2.21 bits per heavy atom. The Kier molecular flexibility index (Phi) is 7.78. The van der Waals surface area contributed by atoms with Crippen LogP contribution in [-0.4, -0.2) is 40.8 Å². The number of amides is 1. The normalized spacial score (nSPS) is 12.1. The molecule has 0 saturated carbocycles. The highest BCUT2D eigenvalue weighted by atomic mass is 32.2. The van der Waals surface area contributed by atoms with Gasteiger partial charge in [0.25, 0.3) is 0 Å². The summed E-state index contributed by atoms with van der Waals surface area (Å²) in [5.74, 6) is -0.0844. The smallest absolute Gasteiger partial charge is 0.326 e. The van der Waals surface area contributed by atoms with Crippen molar-refractivity contribution in [2.45, 2.75) is 18.9 Å². The van der Waals surface area contributed by atoms with E-state index < -0.39 is 12.0 Å². The molecule has 0 radical (unpaired) electrons. The van der Waals surface area contributed by atoms with Crippen LogP contribution in [0.1, 0.15) is 12.8 Å². The number of hydrogen-bond donors (Lipinski definition) is 3. The third-order valence-corrected chi connectivity index (χ3v) is 2.45. The fourth-order valence-corrected chi connectivity index (χ4v) is 1.54. The van der Waals surface area contributed by atoms with Crippen LogP contribution in [0.5, 0.6) is 0 Å². The highest BCUT2D eigenvalue weighted by molar-refractivity contribution is 7.98. The molecule has 0 aromatic rings. The first-order valence-electron chi connectivity index (χ1n) is 4.23. The molecule has 0 aliphatic heterocycles. The first-order chi connectivity index (χ1) is 6.61. The van der Waals surface area contributed by atoms with Crippen molar-refractivity contribution >= 4 is 36.3 Å². The number of hydrogen-bond acceptors (Lipinski definition) is 4. The summed E-state index contributed by atoms with van der Waals surface area (Å²) in [4.78, 5) is 21.8. The van der Waals surface area contributed by atoms with Crippen LogP contribution in [0.15, 0.2) is 0 Å². The summed E-state index contributed by atoms with van der Waals surface area (Å²) in [6.45, 7) is 0. The predicted molar refractivity (Wildman–Crippen MR) is 61.0 cm³/mol. The van der Waals surface area contributed by atoms with E-state index in [2.05, 4.69) is 17.9 Å². The van der Waals surface area contributed by atoms with Crippen LogP contribution in [0.25, 0.3) is 0 Å². The zero-order chi connectivity index (χ0) is 11.0. The Morgan fingerprint density at radius 3 is 2.64 bits per heavy atom. The van der Waals surface area contributed by atoms with E-state index in [1.165, 1.54) is 0 Å². The number of thiol groups is 1. The lowest BCUT2D eigenvalue weighted by Crippen LogP contribution is -2.41. The molecule has 2 N–H and O–H groups in total. The topological polar surface area (TPSA) is 66.4 Å². The molecule has 4 nitrogen and oxygen atoms in total. The van der Waals surface area contributed by atoms with Gasteiger partial charge >= 0.3 is 5.97 Å². The van der Waals surface area contributed by atoms with Gasteiger partial charge in [-0.1, -0.05) is 0 Å². The average Bonchev–Trinajstić information content (AvgIpc) is 2.12. The van der Waals surface area contributed by atoms with Crippen LogP contribution in [-0.2, 0) is 9.59 Å². The van der Waals surface area contributed by atoms with Crippen LogP contribution in [0.4, 0.5) is 0 Å². The van der Waals surface area contributed by atoms with Crippen molar-refractivity contribution in [1.82, 2.24) is 5.32 Å². The van der Waals surface area contributed by atoms with Gasteiger partial charge in [0, 0.05) is 6.42 Å². The molecule has 0 aliphatic carbocycles. The molecule has 14 heavy (non-hydrogen) atoms. The minimum Gasteiger partial charge on any atom is -0.480 e. The highest BCUT2D eigenvalue weighted by Gasteiger charge is 2.18. The summed E-state index contributed by atoms with van der Waals surface area (Å²) in [6.07, 6.45) is 2.61. The van der Waals surface area contributed by atoms with Crippen molar-refractivity contribution in [2.24, 2.45) is 0 Å². The Bertz CT molecular complexity index is 199. The maximum absolute atomic E-state index is 11.1. The van der Waals surface area contributed by atoms with Crippen molar-refractivity contribution < 1.29 is 14.7 Å². The number of carboxylic acid groups (broad SMARTS) is 1. The van der Waals surface area contributed by atoms with Gasteiger partial charge in [-0.05, 0) is 24.2 Å². The van der Waals surface area contributed by atoms with E-state index in [-0.39, 0.29) is 12.3 Å². The number of rotatable bonds is 7. The van der Waals surface area contributed by atoms with Crippen molar-refractivity contribution in [2.75, 3.05) is 17.8 Å². The molecule has 1 atom stereocenters. The Hall–Kier alpha value is -0.360. The van der Waals surface area contributed by atoms with Crippen LogP contribution < -0.4 is 5.32 Å². The molecular formula is C8H15NO3S2. The maximum Gasteiger partial charge on any atom is 0.326 e. The first kappa shape index (κ1) is 13.6. The quantitative estimate of drug-likeness (QED) is 0.568. The third-order valence-electron chi connectivity index (χ3n) is 1.58. The monoisotopic (exact) mass is 237 g/mol. The van der Waals surface area contributed by atoms with Gasteiger partial charge in [-0.15, -0.1) is 0 Å². The van der Waals surface area contributed by atoms with Crippen molar-refractivity contribution in [3.05, 3.63) is 0 Å². The molecule has 0 rings (SSSR count). The van der Waals surface area contributed by atoms with Crippen LogP contribution >= 0.6 is 24.4 Å². The molecule has 0 aromatic carbocycles. The SMILES string of the molecule is CSCCC(NC(=O)CCS)C(=O)O. The van der Waals surface area contributed by atoms with E-state index in [0.717, 1.165) is 5.75 Å². The summed E-state index contributed by atoms with van der Waals surface area (Å²) in [6, 6.07) is -0.769. The summed E-state index contributed by atoms with van der Waals surface area (Å²) < 4.78 is 0. The molecule has 6 heteroatoms. The van der Waals surface area contributed by atoms with Gasteiger partial charge in [0.15, 0.2) is 0 Å². The summed E-state index contributed by atoms with van der Waals surface area (Å²) >= 11 is 5.45. The van der Waals surface area contributed by atoms with Crippen molar-refractivity contribution in [3.8, 4) is 0 Å². The van der Waals surface area contributed by atoms with E-state index in [1.54, 1.807) is 11.8 Å². The predicted octanol–water partition coefficient (Wildman–Crippen LogP) is 0.629. The second kappa shape index (κ2) is 7.99. The number of carboxylic acids is 1. The maximum atomic E-state index is 11.1. The number of aliphatic carboxylic acids is 1. The molecule has 0 aliphatic rings. The fraction of sp³-hybridized carbons (Fsp3) is 0.750. The zero-order valence-electron chi connectivity index (χ0n) is 8.02. The molecule has 1 unspecified atom stereocenters. The van der Waals surface area contributed by atoms with E-state index in [1.807, 2.05) is 6.26 Å². The first-order valence-corrected chi connectivity index (χ1v) is 6.26. The minimum atomic E-state index is -0.980. The Morgan fingerprint density at radius 1 is 1.57 bits per heavy atom. The second-order valence-electron chi connectivity index (χ2n) is 2.71. The molecular weight excluding hydrogens is 222 g/mol. The van der Waals surface area contributed by atoms with Gasteiger partial charge in [0.05, 0.1) is 0 Å². The van der Waals surface area contributed by atoms with Gasteiger partial charge in [0.2, 0.25) is 5.91 Å². The molecule has 82 valence electrons. The average molecular weight is 237 g/mol. The van der Waals surface area contributed by atoms with Gasteiger partial charge in [-0.2, -0.15) is 24.4 Å². The van der Waals surface area contributed by atoms with Crippen LogP contribution in [0.3, 0.4) is 0 Å². The second-order valence-corrected chi connectivity index (χ2v) is 4.15. The van der Waals surface area contributed by atoms with Gasteiger partial charge in [-0.25, -0.2) is 4.79 Å². The lowest BCUT2D eigenvalue weighted by Gasteiger charge is -2.13. The Balaban J connectivity index is 3.95. The summed E-state index contributed by atoms with van der Waals surface area (Å²) in [5, 5.41) is 11.2. The van der Waals surface area contributed by atoms with Gasteiger partial charge in [-0.3, -0.25) is 4.79 Å². The number of nitrogens with one attached hydrogen (secondary N) is 1. The van der Waals surface area contributed by atoms with E-state index in [9.17, 15) is 9.59 Å². The lowest BCUT2D eigenvalue weighted by atomic mass is 10.2. The molecule has 1 amide bonds. The standard InChI is InChI=1S/C8H15NO3S2/c1-14-5-3-6(8(11)12)9-7(10)2-4-13/h6,13H,2-5H2,1H3,(H,9,10)(H,11,12). The van der Waals surface area contributed by atoms with Crippen molar-refractivity contribution in [3.63, 3.8) is 0 Å². The van der Waals surface area contributed by atoms with Gasteiger partial charge < -0.3 is 10.4 Å². The molecule has 0 bridgehead atoms. The number of thioether (sulfide) groups is 1. The van der Waals surface area contributed by atoms with E-state index >= 15 is 0 Å². The van der Waals surface area contributed by atoms with Crippen LogP contribution in [0.2, 0.25) is 0 Å². The molecule has 0 aromatic heterocycles. The molecule has 0 saturated heterocycles. The summed E-state index contributed by atoms with van der Waals surface area (Å²) in [7, 11) is 0. The molecule has 0 spiro atoms. The van der Waals surface area contributed by atoms with E-state index in [4.69, 9.17) is 5.11 Å². The Labute approximate surface area is 93.2 Å². The van der Waals surface area contributed by atoms with E-state index in [0.29, 0.717) is 12.2 Å². The van der Waals surface area contributed by atoms with Crippen molar-refractivity contribution in [1.29, 1.82) is 0 Å².